The number of nitrogens with two attached hydrogens (primary N) is 1. The van der Waals surface area contributed by atoms with E-state index >= 15 is 0 Å². The van der Waals surface area contributed by atoms with Gasteiger partial charge in [-0.3, -0.25) is 4.79 Å². The number of ether oxygens (including phenoxy) is 2. The van der Waals surface area contributed by atoms with Crippen LogP contribution in [0.25, 0.3) is 5.69 Å². The Kier molecular flexibility index (Phi) is 4.69. The highest BCUT2D eigenvalue weighted by Crippen LogP contribution is 2.58. The van der Waals surface area contributed by atoms with E-state index in [1.54, 1.807) is 12.1 Å². The predicted molar refractivity (Wildman–Crippen MR) is 119 cm³/mol. The van der Waals surface area contributed by atoms with Gasteiger partial charge in [0.05, 0.1) is 4.90 Å². The lowest BCUT2D eigenvalue weighted by Crippen LogP contribution is -2.33. The molecule has 0 saturated heterocycles. The Balaban J connectivity index is 1.56. The Morgan fingerprint density at radius 1 is 1.09 bits per heavy atom. The molecule has 0 bridgehead atoms. The molecule has 1 aliphatic carbocycles. The third-order valence-corrected chi connectivity index (χ3v) is 7.08. The van der Waals surface area contributed by atoms with Crippen LogP contribution >= 0.6 is 0 Å². The molecule has 5 rings (SSSR count). The number of nitrogens with zero attached hydrogens (tertiary/aromatic N) is 1. The molecule has 0 radical (unpaired) electrons. The van der Waals surface area contributed by atoms with Gasteiger partial charge >= 0.3 is 0 Å². The maximum absolute atomic E-state index is 13.0. The average molecular weight is 453 g/mol. The van der Waals surface area contributed by atoms with Gasteiger partial charge < -0.3 is 14.0 Å². The van der Waals surface area contributed by atoms with Gasteiger partial charge in [0.15, 0.2) is 22.9 Å². The maximum atomic E-state index is 13.0. The van der Waals surface area contributed by atoms with E-state index in [9.17, 15) is 13.2 Å². The van der Waals surface area contributed by atoms with E-state index in [2.05, 4.69) is 0 Å². The molecule has 1 aromatic heterocycles. The van der Waals surface area contributed by atoms with Crippen LogP contribution in [0.3, 0.4) is 0 Å². The summed E-state index contributed by atoms with van der Waals surface area (Å²) in [6.45, 7) is 4.16. The van der Waals surface area contributed by atoms with Crippen LogP contribution in [-0.2, 0) is 10.0 Å². The molecule has 2 heterocycles. The summed E-state index contributed by atoms with van der Waals surface area (Å²) in [7, 11) is -3.79. The van der Waals surface area contributed by atoms with Crippen LogP contribution in [0.5, 0.6) is 11.5 Å². The number of para-hydroxylation sites is 2. The van der Waals surface area contributed by atoms with Crippen molar-refractivity contribution in [1.29, 1.82) is 0 Å². The number of aromatic nitrogens is 1. The molecule has 2 unspecified atom stereocenters. The molecule has 2 aliphatic rings. The summed E-state index contributed by atoms with van der Waals surface area (Å²) in [5.41, 5.74) is 1.72. The predicted octanol–water partition coefficient (Wildman–Crippen LogP) is 3.66. The third-order valence-electron chi connectivity index (χ3n) is 6.15. The highest BCUT2D eigenvalue weighted by atomic mass is 32.2. The molecular formula is C24H24N2O5S. The van der Waals surface area contributed by atoms with Crippen LogP contribution in [0.15, 0.2) is 65.7 Å². The Labute approximate surface area is 186 Å². The SMILES string of the molecule is CC(C)C(=O)c1ccn(-c2ccc(S(N)(=O)=O)cc2)c1C1CC12COc1ccccc1O2. The Morgan fingerprint density at radius 2 is 1.78 bits per heavy atom. The van der Waals surface area contributed by atoms with Crippen LogP contribution < -0.4 is 14.6 Å². The van der Waals surface area contributed by atoms with E-state index in [0.29, 0.717) is 17.9 Å². The van der Waals surface area contributed by atoms with Crippen molar-refractivity contribution in [2.75, 3.05) is 6.61 Å². The lowest BCUT2D eigenvalue weighted by molar-refractivity contribution is 0.0662. The van der Waals surface area contributed by atoms with Gasteiger partial charge in [0, 0.05) is 41.4 Å². The van der Waals surface area contributed by atoms with E-state index < -0.39 is 15.6 Å². The first-order valence-electron chi connectivity index (χ1n) is 10.5. The van der Waals surface area contributed by atoms with Crippen molar-refractivity contribution in [3.05, 3.63) is 72.1 Å². The highest BCUT2D eigenvalue weighted by molar-refractivity contribution is 7.89. The quantitative estimate of drug-likeness (QED) is 0.596. The molecular weight excluding hydrogens is 428 g/mol. The van der Waals surface area contributed by atoms with Crippen molar-refractivity contribution in [1.82, 2.24) is 4.57 Å². The summed E-state index contributed by atoms with van der Waals surface area (Å²) in [4.78, 5) is 13.1. The second kappa shape index (κ2) is 7.21. The number of benzene rings is 2. The van der Waals surface area contributed by atoms with Crippen molar-refractivity contribution in [2.45, 2.75) is 36.7 Å². The molecule has 1 spiro atoms. The Morgan fingerprint density at radius 3 is 2.44 bits per heavy atom. The highest BCUT2D eigenvalue weighted by Gasteiger charge is 2.62. The number of hydrogen-bond acceptors (Lipinski definition) is 5. The standard InChI is InChI=1S/C24H24N2O5S/c1-15(2)23(27)18-11-12-26(16-7-9-17(10-8-16)32(25,28)29)22(18)19-13-24(19)14-30-20-5-3-4-6-21(20)31-24/h3-12,15,19H,13-14H2,1-2H3,(H2,25,28,29). The van der Waals surface area contributed by atoms with Gasteiger partial charge in [-0.2, -0.15) is 0 Å². The van der Waals surface area contributed by atoms with Gasteiger partial charge in [-0.1, -0.05) is 26.0 Å². The number of primary sulfonamides is 1. The van der Waals surface area contributed by atoms with Crippen LogP contribution in [0.1, 0.15) is 42.2 Å². The molecule has 1 aliphatic heterocycles. The Hall–Kier alpha value is -3.10. The molecule has 166 valence electrons. The van der Waals surface area contributed by atoms with Gasteiger partial charge in [0.2, 0.25) is 10.0 Å². The number of hydrogen-bond donors (Lipinski definition) is 1. The van der Waals surface area contributed by atoms with Crippen molar-refractivity contribution in [3.8, 4) is 17.2 Å². The zero-order valence-electron chi connectivity index (χ0n) is 17.8. The Bertz CT molecular complexity index is 1310. The zero-order valence-corrected chi connectivity index (χ0v) is 18.6. The molecule has 2 N–H and O–H groups in total. The van der Waals surface area contributed by atoms with E-state index in [4.69, 9.17) is 14.6 Å². The largest absolute Gasteiger partial charge is 0.486 e. The third kappa shape index (κ3) is 3.40. The fourth-order valence-electron chi connectivity index (χ4n) is 4.35. The fraction of sp³-hybridized carbons (Fsp3) is 0.292. The molecule has 0 amide bonds. The average Bonchev–Trinajstić information content (AvgIpc) is 3.26. The number of carbonyl (C=O) groups is 1. The summed E-state index contributed by atoms with van der Waals surface area (Å²) < 4.78 is 37.6. The second-order valence-corrected chi connectivity index (χ2v) is 10.3. The zero-order chi connectivity index (χ0) is 22.7. The van der Waals surface area contributed by atoms with E-state index in [1.807, 2.05) is 54.9 Å². The van der Waals surface area contributed by atoms with Gasteiger partial charge in [-0.15, -0.1) is 0 Å². The van der Waals surface area contributed by atoms with Crippen LogP contribution in [0.4, 0.5) is 0 Å². The van der Waals surface area contributed by atoms with Gasteiger partial charge in [-0.25, -0.2) is 13.6 Å². The summed E-state index contributed by atoms with van der Waals surface area (Å²) in [5, 5.41) is 5.23. The monoisotopic (exact) mass is 452 g/mol. The van der Waals surface area contributed by atoms with E-state index in [0.717, 1.165) is 23.6 Å². The van der Waals surface area contributed by atoms with E-state index in [1.165, 1.54) is 12.1 Å². The van der Waals surface area contributed by atoms with Gasteiger partial charge in [-0.05, 0) is 42.5 Å². The van der Waals surface area contributed by atoms with Crippen LogP contribution in [-0.4, -0.2) is 31.0 Å². The molecule has 2 aromatic carbocycles. The van der Waals surface area contributed by atoms with Crippen molar-refractivity contribution in [2.24, 2.45) is 11.1 Å². The fourth-order valence-corrected chi connectivity index (χ4v) is 4.86. The minimum atomic E-state index is -3.79. The minimum absolute atomic E-state index is 0.0388. The topological polar surface area (TPSA) is 101 Å². The molecule has 1 fully saturated rings. The van der Waals surface area contributed by atoms with Crippen molar-refractivity contribution in [3.63, 3.8) is 0 Å². The molecule has 2 atom stereocenters. The normalized spacial score (nSPS) is 21.7. The lowest BCUT2D eigenvalue weighted by Gasteiger charge is -2.28. The number of Topliss-reactive ketones (excluding diaryl/α,β-unsaturated/α-hetero) is 1. The summed E-state index contributed by atoms with van der Waals surface area (Å²) in [6.07, 6.45) is 2.57. The van der Waals surface area contributed by atoms with Crippen molar-refractivity contribution < 1.29 is 22.7 Å². The molecule has 3 aromatic rings. The van der Waals surface area contributed by atoms with Crippen LogP contribution in [0, 0.1) is 5.92 Å². The first-order chi connectivity index (χ1) is 15.2. The number of rotatable bonds is 5. The molecule has 7 nitrogen and oxygen atoms in total. The molecule has 8 heteroatoms. The summed E-state index contributed by atoms with van der Waals surface area (Å²) in [5.74, 6) is 1.28. The maximum Gasteiger partial charge on any atom is 0.238 e. The number of carbonyl (C=O) groups excluding carboxylic acids is 1. The van der Waals surface area contributed by atoms with Crippen molar-refractivity contribution >= 4 is 15.8 Å². The first kappa shape index (κ1) is 20.8. The smallest absolute Gasteiger partial charge is 0.238 e. The van der Waals surface area contributed by atoms with Crippen LogP contribution in [0.2, 0.25) is 0 Å². The second-order valence-electron chi connectivity index (χ2n) is 8.70. The first-order valence-corrected chi connectivity index (χ1v) is 12.0. The summed E-state index contributed by atoms with van der Waals surface area (Å²) in [6, 6.07) is 15.7. The molecule has 32 heavy (non-hydrogen) atoms. The number of fused-ring (bicyclic) bond motifs is 1. The lowest BCUT2D eigenvalue weighted by atomic mass is 9.98. The minimum Gasteiger partial charge on any atom is -0.486 e. The number of sulfonamides is 1. The van der Waals surface area contributed by atoms with Gasteiger partial charge in [0.1, 0.15) is 6.61 Å². The molecule has 1 saturated carbocycles. The van der Waals surface area contributed by atoms with Gasteiger partial charge in [0.25, 0.3) is 0 Å². The number of ketones is 1. The summed E-state index contributed by atoms with van der Waals surface area (Å²) >= 11 is 0. The van der Waals surface area contributed by atoms with E-state index in [-0.39, 0.29) is 22.5 Å².